The van der Waals surface area contributed by atoms with E-state index in [1.54, 1.807) is 0 Å². The highest BCUT2D eigenvalue weighted by molar-refractivity contribution is 5.52. The molecule has 1 aliphatic carbocycles. The number of phenols is 1. The van der Waals surface area contributed by atoms with E-state index in [1.807, 2.05) is 0 Å². The standard InChI is InChI=1S/C17H27NO/c1-12-7-8-13(16(2,3)4)15(19)14(12)17(11-18)9-5-6-10-17/h7-8,19H,5-6,9-11,18H2,1-4H3. The van der Waals surface area contributed by atoms with Crippen LogP contribution in [-0.2, 0) is 10.8 Å². The maximum Gasteiger partial charge on any atom is 0.123 e. The van der Waals surface area contributed by atoms with Crippen molar-refractivity contribution in [2.75, 3.05) is 6.54 Å². The number of aryl methyl sites for hydroxylation is 1. The Morgan fingerprint density at radius 3 is 2.26 bits per heavy atom. The van der Waals surface area contributed by atoms with Gasteiger partial charge in [-0.2, -0.15) is 0 Å². The van der Waals surface area contributed by atoms with Crippen molar-refractivity contribution in [1.82, 2.24) is 0 Å². The molecule has 2 nitrogen and oxygen atoms in total. The summed E-state index contributed by atoms with van der Waals surface area (Å²) in [6.07, 6.45) is 4.64. The van der Waals surface area contributed by atoms with Gasteiger partial charge in [0, 0.05) is 17.5 Å². The summed E-state index contributed by atoms with van der Waals surface area (Å²) in [5, 5.41) is 10.8. The highest BCUT2D eigenvalue weighted by Crippen LogP contribution is 2.47. The van der Waals surface area contributed by atoms with Crippen LogP contribution >= 0.6 is 0 Å². The Balaban J connectivity index is 2.62. The highest BCUT2D eigenvalue weighted by Gasteiger charge is 2.38. The summed E-state index contributed by atoms with van der Waals surface area (Å²) in [7, 11) is 0. The number of rotatable bonds is 2. The van der Waals surface area contributed by atoms with Crippen molar-refractivity contribution in [3.8, 4) is 5.75 Å². The van der Waals surface area contributed by atoms with Crippen molar-refractivity contribution in [2.24, 2.45) is 5.73 Å². The SMILES string of the molecule is Cc1ccc(C(C)(C)C)c(O)c1C1(CN)CCCC1. The van der Waals surface area contributed by atoms with Gasteiger partial charge in [0.25, 0.3) is 0 Å². The molecule has 1 aromatic rings. The van der Waals surface area contributed by atoms with E-state index in [1.165, 1.54) is 18.4 Å². The highest BCUT2D eigenvalue weighted by atomic mass is 16.3. The third kappa shape index (κ3) is 2.38. The summed E-state index contributed by atoms with van der Waals surface area (Å²) in [6, 6.07) is 4.21. The molecule has 1 fully saturated rings. The fraction of sp³-hybridized carbons (Fsp3) is 0.647. The zero-order chi connectivity index (χ0) is 14.3. The number of hydrogen-bond acceptors (Lipinski definition) is 2. The Labute approximate surface area is 117 Å². The minimum Gasteiger partial charge on any atom is -0.507 e. The zero-order valence-electron chi connectivity index (χ0n) is 12.7. The minimum absolute atomic E-state index is 0.00454. The molecule has 0 spiro atoms. The maximum absolute atomic E-state index is 10.8. The van der Waals surface area contributed by atoms with Crippen molar-refractivity contribution in [3.05, 3.63) is 28.8 Å². The van der Waals surface area contributed by atoms with Crippen molar-refractivity contribution in [3.63, 3.8) is 0 Å². The fourth-order valence-electron chi connectivity index (χ4n) is 3.57. The van der Waals surface area contributed by atoms with Crippen molar-refractivity contribution < 1.29 is 5.11 Å². The quantitative estimate of drug-likeness (QED) is 0.851. The molecule has 0 atom stereocenters. The second kappa shape index (κ2) is 4.82. The smallest absolute Gasteiger partial charge is 0.123 e. The summed E-state index contributed by atoms with van der Waals surface area (Å²) in [6.45, 7) is 9.16. The molecular formula is C17H27NO. The van der Waals surface area contributed by atoms with Gasteiger partial charge in [0.05, 0.1) is 0 Å². The molecule has 0 bridgehead atoms. The van der Waals surface area contributed by atoms with Crippen LogP contribution < -0.4 is 5.73 Å². The van der Waals surface area contributed by atoms with Crippen molar-refractivity contribution in [1.29, 1.82) is 0 Å². The molecule has 0 amide bonds. The van der Waals surface area contributed by atoms with Crippen LogP contribution in [0.15, 0.2) is 12.1 Å². The van der Waals surface area contributed by atoms with Gasteiger partial charge in [-0.25, -0.2) is 0 Å². The van der Waals surface area contributed by atoms with Gasteiger partial charge in [-0.1, -0.05) is 45.7 Å². The van der Waals surface area contributed by atoms with Crippen LogP contribution in [0.1, 0.15) is 63.1 Å². The largest absolute Gasteiger partial charge is 0.507 e. The first-order chi connectivity index (χ1) is 8.82. The van der Waals surface area contributed by atoms with Crippen molar-refractivity contribution >= 4 is 0 Å². The van der Waals surface area contributed by atoms with Gasteiger partial charge in [0.2, 0.25) is 0 Å². The van der Waals surface area contributed by atoms with Crippen LogP contribution in [0.4, 0.5) is 0 Å². The molecule has 1 aromatic carbocycles. The average Bonchev–Trinajstić information content (AvgIpc) is 2.77. The minimum atomic E-state index is -0.0407. The molecule has 106 valence electrons. The van der Waals surface area contributed by atoms with Gasteiger partial charge in [-0.3, -0.25) is 0 Å². The molecule has 1 aliphatic rings. The van der Waals surface area contributed by atoms with Gasteiger partial charge < -0.3 is 10.8 Å². The lowest BCUT2D eigenvalue weighted by atomic mass is 9.73. The molecule has 0 radical (unpaired) electrons. The third-order valence-corrected chi connectivity index (χ3v) is 4.68. The summed E-state index contributed by atoms with van der Waals surface area (Å²) in [5.41, 5.74) is 9.37. The van der Waals surface area contributed by atoms with Gasteiger partial charge >= 0.3 is 0 Å². The maximum atomic E-state index is 10.8. The van der Waals surface area contributed by atoms with E-state index in [2.05, 4.69) is 39.8 Å². The molecule has 3 N–H and O–H groups in total. The molecule has 2 rings (SSSR count). The van der Waals surface area contributed by atoms with Crippen LogP contribution in [0.5, 0.6) is 5.75 Å². The lowest BCUT2D eigenvalue weighted by Crippen LogP contribution is -2.33. The Kier molecular flexibility index (Phi) is 3.65. The van der Waals surface area contributed by atoms with Crippen LogP contribution in [-0.4, -0.2) is 11.7 Å². The first-order valence-electron chi connectivity index (χ1n) is 7.35. The monoisotopic (exact) mass is 261 g/mol. The Morgan fingerprint density at radius 1 is 1.21 bits per heavy atom. The van der Waals surface area contributed by atoms with E-state index >= 15 is 0 Å². The Morgan fingerprint density at radius 2 is 1.79 bits per heavy atom. The second-order valence-electron chi connectivity index (χ2n) is 7.10. The molecule has 1 saturated carbocycles. The van der Waals surface area contributed by atoms with Crippen LogP contribution in [0.3, 0.4) is 0 Å². The fourth-order valence-corrected chi connectivity index (χ4v) is 3.57. The third-order valence-electron chi connectivity index (χ3n) is 4.68. The second-order valence-corrected chi connectivity index (χ2v) is 7.10. The van der Waals surface area contributed by atoms with E-state index in [9.17, 15) is 5.11 Å². The summed E-state index contributed by atoms with van der Waals surface area (Å²) < 4.78 is 0. The van der Waals surface area contributed by atoms with Gasteiger partial charge in [-0.05, 0) is 36.3 Å². The van der Waals surface area contributed by atoms with E-state index < -0.39 is 0 Å². The molecule has 2 heteroatoms. The van der Waals surface area contributed by atoms with Gasteiger partial charge in [0.15, 0.2) is 0 Å². The Bertz CT molecular complexity index is 465. The number of benzene rings is 1. The topological polar surface area (TPSA) is 46.2 Å². The van der Waals surface area contributed by atoms with Crippen LogP contribution in [0, 0.1) is 6.92 Å². The normalized spacial score (nSPS) is 18.8. The lowest BCUT2D eigenvalue weighted by molar-refractivity contribution is 0.391. The van der Waals surface area contributed by atoms with E-state index in [4.69, 9.17) is 5.73 Å². The van der Waals surface area contributed by atoms with E-state index in [-0.39, 0.29) is 10.8 Å². The van der Waals surface area contributed by atoms with Gasteiger partial charge in [0.1, 0.15) is 5.75 Å². The lowest BCUT2D eigenvalue weighted by Gasteiger charge is -2.33. The van der Waals surface area contributed by atoms with Crippen molar-refractivity contribution in [2.45, 2.75) is 64.2 Å². The predicted octanol–water partition coefficient (Wildman–Crippen LogP) is 3.77. The Hall–Kier alpha value is -1.02. The number of nitrogens with two attached hydrogens (primary N) is 1. The van der Waals surface area contributed by atoms with E-state index in [0.29, 0.717) is 12.3 Å². The first kappa shape index (κ1) is 14.4. The summed E-state index contributed by atoms with van der Waals surface area (Å²) >= 11 is 0. The molecule has 0 heterocycles. The first-order valence-corrected chi connectivity index (χ1v) is 7.35. The molecule has 19 heavy (non-hydrogen) atoms. The molecule has 0 saturated heterocycles. The molecule has 0 aliphatic heterocycles. The zero-order valence-corrected chi connectivity index (χ0v) is 12.7. The molecular weight excluding hydrogens is 234 g/mol. The predicted molar refractivity (Wildman–Crippen MR) is 80.7 cm³/mol. The average molecular weight is 261 g/mol. The molecule has 0 aromatic heterocycles. The summed E-state index contributed by atoms with van der Waals surface area (Å²) in [5.74, 6) is 0.486. The van der Waals surface area contributed by atoms with E-state index in [0.717, 1.165) is 24.0 Å². The summed E-state index contributed by atoms with van der Waals surface area (Å²) in [4.78, 5) is 0. The number of hydrogen-bond donors (Lipinski definition) is 2. The van der Waals surface area contributed by atoms with Crippen LogP contribution in [0.2, 0.25) is 0 Å². The van der Waals surface area contributed by atoms with Gasteiger partial charge in [-0.15, -0.1) is 0 Å². The van der Waals surface area contributed by atoms with Crippen LogP contribution in [0.25, 0.3) is 0 Å². The molecule has 0 unspecified atom stereocenters. The number of phenolic OH excluding ortho intramolecular Hbond substituents is 1. The number of aromatic hydroxyl groups is 1.